The number of aromatic amines is 1. The summed E-state index contributed by atoms with van der Waals surface area (Å²) in [5, 5.41) is 8.25. The molecule has 2 saturated carbocycles. The first-order valence-corrected chi connectivity index (χ1v) is 8.89. The number of nitrogens with one attached hydrogen (secondary N) is 2. The molecule has 4 N–H and O–H groups in total. The van der Waals surface area contributed by atoms with Gasteiger partial charge in [0.05, 0.1) is 17.3 Å². The summed E-state index contributed by atoms with van der Waals surface area (Å²) in [5.41, 5.74) is 7.56. The van der Waals surface area contributed by atoms with Gasteiger partial charge in [0, 0.05) is 31.0 Å². The van der Waals surface area contributed by atoms with E-state index in [2.05, 4.69) is 30.4 Å². The van der Waals surface area contributed by atoms with E-state index in [0.29, 0.717) is 29.2 Å². The molecule has 3 heterocycles. The third-order valence-electron chi connectivity index (χ3n) is 5.25. The Morgan fingerprint density at radius 3 is 2.81 bits per heavy atom. The fraction of sp³-hybridized carbons (Fsp3) is 0.471. The third-order valence-corrected chi connectivity index (χ3v) is 5.25. The van der Waals surface area contributed by atoms with Gasteiger partial charge >= 0.3 is 0 Å². The first kappa shape index (κ1) is 15.3. The summed E-state index contributed by atoms with van der Waals surface area (Å²) in [7, 11) is 1.83. The molecule has 9 nitrogen and oxygen atoms in total. The molecule has 0 spiro atoms. The molecule has 0 aromatic carbocycles. The van der Waals surface area contributed by atoms with E-state index in [1.54, 1.807) is 16.9 Å². The maximum atomic E-state index is 11.9. The summed E-state index contributed by atoms with van der Waals surface area (Å²) >= 11 is 0. The molecule has 26 heavy (non-hydrogen) atoms. The van der Waals surface area contributed by atoms with Crippen LogP contribution in [0.1, 0.15) is 49.0 Å². The molecular weight excluding hydrogens is 332 g/mol. The lowest BCUT2D eigenvalue weighted by atomic mass is 9.78. The van der Waals surface area contributed by atoms with E-state index < -0.39 is 0 Å². The number of aromatic nitrogens is 6. The largest absolute Gasteiger partial charge is 0.383 e. The lowest BCUT2D eigenvalue weighted by Crippen LogP contribution is -2.35. The Morgan fingerprint density at radius 1 is 1.23 bits per heavy atom. The van der Waals surface area contributed by atoms with Crippen LogP contribution in [0.4, 0.5) is 11.8 Å². The van der Waals surface area contributed by atoms with Gasteiger partial charge in [0.1, 0.15) is 11.6 Å². The summed E-state index contributed by atoms with van der Waals surface area (Å²) in [6, 6.07) is 1.87. The standard InChI is InChI=1S/C17H20N8O/c1-25-16-11(7-19-25)14(18)23-17(24-16)20-10-4-9(5-10)12-6-13(26)22-15(21-12)8-2-3-8/h6-10H,2-5H2,1H3,(H,21,22,26)(H3,18,20,23,24). The lowest BCUT2D eigenvalue weighted by molar-refractivity contribution is 0.364. The molecule has 134 valence electrons. The van der Waals surface area contributed by atoms with Crippen molar-refractivity contribution >= 4 is 22.8 Å². The molecule has 9 heteroatoms. The maximum absolute atomic E-state index is 11.9. The first-order valence-electron chi connectivity index (χ1n) is 8.89. The van der Waals surface area contributed by atoms with Gasteiger partial charge in [-0.3, -0.25) is 9.48 Å². The van der Waals surface area contributed by atoms with E-state index in [4.69, 9.17) is 5.73 Å². The Morgan fingerprint density at radius 2 is 2.04 bits per heavy atom. The lowest BCUT2D eigenvalue weighted by Gasteiger charge is -2.35. The van der Waals surface area contributed by atoms with E-state index >= 15 is 0 Å². The van der Waals surface area contributed by atoms with Crippen LogP contribution in [0.3, 0.4) is 0 Å². The van der Waals surface area contributed by atoms with Crippen LogP contribution in [0.25, 0.3) is 11.0 Å². The molecule has 0 saturated heterocycles. The van der Waals surface area contributed by atoms with Gasteiger partial charge in [0.2, 0.25) is 5.95 Å². The fourth-order valence-electron chi connectivity index (χ4n) is 3.52. The number of nitrogen functional groups attached to an aromatic ring is 1. The van der Waals surface area contributed by atoms with E-state index in [1.165, 1.54) is 0 Å². The molecule has 3 aromatic heterocycles. The second kappa shape index (κ2) is 5.52. The van der Waals surface area contributed by atoms with Gasteiger partial charge in [-0.1, -0.05) is 0 Å². The SMILES string of the molecule is Cn1ncc2c(N)nc(NC3CC(c4cc(=O)[nH]c(C5CC5)n4)C3)nc21. The normalized spacial score (nSPS) is 22.3. The van der Waals surface area contributed by atoms with Crippen molar-refractivity contribution < 1.29 is 0 Å². The number of H-pyrrole nitrogens is 1. The van der Waals surface area contributed by atoms with Crippen LogP contribution in [0.15, 0.2) is 17.1 Å². The minimum absolute atomic E-state index is 0.0499. The van der Waals surface area contributed by atoms with Crippen molar-refractivity contribution in [3.8, 4) is 0 Å². The summed E-state index contributed by atoms with van der Waals surface area (Å²) in [5.74, 6) is 2.52. The van der Waals surface area contributed by atoms with Gasteiger partial charge in [0.25, 0.3) is 5.56 Å². The number of aryl methyl sites for hydroxylation is 1. The third kappa shape index (κ3) is 2.59. The average molecular weight is 352 g/mol. The van der Waals surface area contributed by atoms with Crippen LogP contribution in [-0.2, 0) is 7.05 Å². The van der Waals surface area contributed by atoms with Gasteiger partial charge in [-0.2, -0.15) is 15.1 Å². The van der Waals surface area contributed by atoms with Crippen LogP contribution in [0.2, 0.25) is 0 Å². The molecule has 0 aliphatic heterocycles. The van der Waals surface area contributed by atoms with E-state index in [9.17, 15) is 4.79 Å². The summed E-state index contributed by atoms with van der Waals surface area (Å²) < 4.78 is 1.68. The fourth-order valence-corrected chi connectivity index (χ4v) is 3.52. The monoisotopic (exact) mass is 352 g/mol. The zero-order chi connectivity index (χ0) is 17.8. The smallest absolute Gasteiger partial charge is 0.251 e. The molecular formula is C17H20N8O. The van der Waals surface area contributed by atoms with E-state index in [-0.39, 0.29) is 11.6 Å². The number of hydrogen-bond acceptors (Lipinski definition) is 7. The average Bonchev–Trinajstić information content (AvgIpc) is 3.35. The first-order chi connectivity index (χ1) is 12.6. The Bertz CT molecular complexity index is 1040. The second-order valence-corrected chi connectivity index (χ2v) is 7.28. The highest BCUT2D eigenvalue weighted by atomic mass is 16.1. The Labute approximate surface area is 149 Å². The van der Waals surface area contributed by atoms with E-state index in [0.717, 1.165) is 42.6 Å². The van der Waals surface area contributed by atoms with Crippen LogP contribution < -0.4 is 16.6 Å². The number of rotatable bonds is 4. The van der Waals surface area contributed by atoms with Crippen molar-refractivity contribution in [1.82, 2.24) is 29.7 Å². The Kier molecular flexibility index (Phi) is 3.25. The number of nitrogens with two attached hydrogens (primary N) is 1. The molecule has 3 aromatic rings. The van der Waals surface area contributed by atoms with Crippen molar-refractivity contribution in [2.24, 2.45) is 7.05 Å². The van der Waals surface area contributed by atoms with Crippen LogP contribution in [0, 0.1) is 0 Å². The van der Waals surface area contributed by atoms with E-state index in [1.807, 2.05) is 7.05 Å². The van der Waals surface area contributed by atoms with Crippen LogP contribution >= 0.6 is 0 Å². The topological polar surface area (TPSA) is 127 Å². The molecule has 2 aliphatic rings. The summed E-state index contributed by atoms with van der Waals surface area (Å²) in [4.78, 5) is 28.2. The molecule has 5 rings (SSSR count). The second-order valence-electron chi connectivity index (χ2n) is 7.28. The van der Waals surface area contributed by atoms with Crippen molar-refractivity contribution in [2.45, 2.75) is 43.6 Å². The van der Waals surface area contributed by atoms with Crippen molar-refractivity contribution in [3.05, 3.63) is 34.1 Å². The highest BCUT2D eigenvalue weighted by Gasteiger charge is 2.34. The van der Waals surface area contributed by atoms with Crippen molar-refractivity contribution in [2.75, 3.05) is 11.1 Å². The number of anilines is 2. The quantitative estimate of drug-likeness (QED) is 0.645. The van der Waals surface area contributed by atoms with Crippen LogP contribution in [-0.4, -0.2) is 35.8 Å². The molecule has 0 amide bonds. The van der Waals surface area contributed by atoms with Gasteiger partial charge in [-0.05, 0) is 25.7 Å². The highest BCUT2D eigenvalue weighted by molar-refractivity contribution is 5.86. The van der Waals surface area contributed by atoms with Gasteiger partial charge in [-0.15, -0.1) is 0 Å². The molecule has 0 bridgehead atoms. The Balaban J connectivity index is 1.30. The zero-order valence-electron chi connectivity index (χ0n) is 14.4. The predicted octanol–water partition coefficient (Wildman–Crippen LogP) is 1.26. The minimum atomic E-state index is -0.0499. The maximum Gasteiger partial charge on any atom is 0.251 e. The predicted molar refractivity (Wildman–Crippen MR) is 96.9 cm³/mol. The molecule has 0 atom stereocenters. The molecule has 2 fully saturated rings. The minimum Gasteiger partial charge on any atom is -0.383 e. The van der Waals surface area contributed by atoms with Gasteiger partial charge in [-0.25, -0.2) is 4.98 Å². The van der Waals surface area contributed by atoms with Gasteiger partial charge < -0.3 is 16.0 Å². The van der Waals surface area contributed by atoms with Crippen molar-refractivity contribution in [3.63, 3.8) is 0 Å². The molecule has 2 aliphatic carbocycles. The number of nitrogens with zero attached hydrogens (tertiary/aromatic N) is 5. The highest BCUT2D eigenvalue weighted by Crippen LogP contribution is 2.40. The summed E-state index contributed by atoms with van der Waals surface area (Å²) in [6.07, 6.45) is 5.71. The number of hydrogen-bond donors (Lipinski definition) is 3. The molecule has 0 radical (unpaired) electrons. The zero-order valence-corrected chi connectivity index (χ0v) is 14.4. The Hall–Kier alpha value is -2.97. The number of fused-ring (bicyclic) bond motifs is 1. The van der Waals surface area contributed by atoms with Gasteiger partial charge in [0.15, 0.2) is 5.65 Å². The van der Waals surface area contributed by atoms with Crippen molar-refractivity contribution in [1.29, 1.82) is 0 Å². The summed E-state index contributed by atoms with van der Waals surface area (Å²) in [6.45, 7) is 0. The molecule has 0 unspecified atom stereocenters. The van der Waals surface area contributed by atoms with Crippen LogP contribution in [0.5, 0.6) is 0 Å².